The molecule has 0 spiro atoms. The Morgan fingerprint density at radius 3 is 2.30 bits per heavy atom. The van der Waals surface area contributed by atoms with Crippen LogP contribution in [-0.4, -0.2) is 37.2 Å². The highest BCUT2D eigenvalue weighted by atomic mass is 16.6. The second kappa shape index (κ2) is 10.3. The molecule has 2 amide bonds. The lowest BCUT2D eigenvalue weighted by Crippen LogP contribution is -3.08. The molecule has 1 aromatic carbocycles. The van der Waals surface area contributed by atoms with Crippen molar-refractivity contribution in [3.05, 3.63) is 35.4 Å². The Balaban J connectivity index is 1.59. The van der Waals surface area contributed by atoms with E-state index in [1.165, 1.54) is 31.5 Å². The van der Waals surface area contributed by atoms with Crippen molar-refractivity contribution in [2.75, 3.05) is 19.6 Å². The van der Waals surface area contributed by atoms with E-state index < -0.39 is 11.7 Å². The fourth-order valence-corrected chi connectivity index (χ4v) is 3.16. The fraction of sp³-hybridized carbons (Fsp3) is 0.619. The lowest BCUT2D eigenvalue weighted by Gasteiger charge is -2.19. The first-order chi connectivity index (χ1) is 12.8. The fourth-order valence-electron chi connectivity index (χ4n) is 3.16. The normalized spacial score (nSPS) is 14.8. The second-order valence-corrected chi connectivity index (χ2v) is 8.26. The maximum absolute atomic E-state index is 11.9. The highest BCUT2D eigenvalue weighted by Crippen LogP contribution is 2.06. The standard InChI is InChI=1S/C21H33N3O3/c1-21(2,3)27-20(26)22-12-6-7-19(25)23-15-17-8-10-18(11-9-17)16-24-13-4-5-14-24/h8-11H,4-7,12-16H2,1-3H3,(H,22,26)(H,23,25)/p+1. The number of alkyl carbamates (subject to hydrolysis) is 1. The highest BCUT2D eigenvalue weighted by Gasteiger charge is 2.16. The second-order valence-electron chi connectivity index (χ2n) is 8.26. The Kier molecular flexibility index (Phi) is 8.10. The predicted molar refractivity (Wildman–Crippen MR) is 105 cm³/mol. The molecule has 0 bridgehead atoms. The lowest BCUT2D eigenvalue weighted by atomic mass is 10.1. The molecule has 1 heterocycles. The number of carbonyl (C=O) groups is 2. The molecule has 0 saturated carbocycles. The van der Waals surface area contributed by atoms with Crippen molar-refractivity contribution in [1.29, 1.82) is 0 Å². The minimum absolute atomic E-state index is 0.00780. The van der Waals surface area contributed by atoms with Crippen molar-refractivity contribution in [2.45, 2.75) is 65.1 Å². The first kappa shape index (κ1) is 21.2. The van der Waals surface area contributed by atoms with Gasteiger partial charge in [0.05, 0.1) is 13.1 Å². The molecule has 1 fully saturated rings. The summed E-state index contributed by atoms with van der Waals surface area (Å²) in [6, 6.07) is 8.51. The molecule has 0 radical (unpaired) electrons. The third-order valence-corrected chi connectivity index (χ3v) is 4.53. The van der Waals surface area contributed by atoms with Crippen LogP contribution in [0, 0.1) is 0 Å². The summed E-state index contributed by atoms with van der Waals surface area (Å²) in [5.74, 6) is -0.00780. The first-order valence-corrected chi connectivity index (χ1v) is 9.97. The van der Waals surface area contributed by atoms with Crippen LogP contribution < -0.4 is 15.5 Å². The van der Waals surface area contributed by atoms with Gasteiger partial charge in [0, 0.05) is 37.9 Å². The average Bonchev–Trinajstić information content (AvgIpc) is 3.09. The molecule has 6 nitrogen and oxygen atoms in total. The number of likely N-dealkylation sites (tertiary alicyclic amines) is 1. The van der Waals surface area contributed by atoms with E-state index >= 15 is 0 Å². The smallest absolute Gasteiger partial charge is 0.407 e. The average molecular weight is 377 g/mol. The minimum atomic E-state index is -0.507. The lowest BCUT2D eigenvalue weighted by molar-refractivity contribution is -0.901. The maximum Gasteiger partial charge on any atom is 0.407 e. The quantitative estimate of drug-likeness (QED) is 0.606. The van der Waals surface area contributed by atoms with Crippen LogP contribution in [0.4, 0.5) is 4.79 Å². The number of quaternary nitrogens is 1. The van der Waals surface area contributed by atoms with E-state index in [0.29, 0.717) is 25.9 Å². The van der Waals surface area contributed by atoms with Crippen LogP contribution in [0.25, 0.3) is 0 Å². The van der Waals surface area contributed by atoms with E-state index in [4.69, 9.17) is 4.74 Å². The van der Waals surface area contributed by atoms with Crippen LogP contribution in [0.1, 0.15) is 57.6 Å². The largest absolute Gasteiger partial charge is 0.444 e. The maximum atomic E-state index is 11.9. The van der Waals surface area contributed by atoms with E-state index in [2.05, 4.69) is 34.9 Å². The third kappa shape index (κ3) is 8.91. The molecule has 150 valence electrons. The summed E-state index contributed by atoms with van der Waals surface area (Å²) in [7, 11) is 0. The van der Waals surface area contributed by atoms with Crippen LogP contribution >= 0.6 is 0 Å². The van der Waals surface area contributed by atoms with E-state index in [0.717, 1.165) is 12.1 Å². The molecule has 0 atom stereocenters. The molecule has 1 aliphatic heterocycles. The SMILES string of the molecule is CC(C)(C)OC(=O)NCCCC(=O)NCc1ccc(C[NH+]2CCCC2)cc1. The molecule has 6 heteroatoms. The van der Waals surface area contributed by atoms with Gasteiger partial charge < -0.3 is 20.3 Å². The summed E-state index contributed by atoms with van der Waals surface area (Å²) in [6.07, 6.45) is 3.20. The van der Waals surface area contributed by atoms with Crippen LogP contribution in [0.2, 0.25) is 0 Å². The van der Waals surface area contributed by atoms with Gasteiger partial charge in [-0.2, -0.15) is 0 Å². The molecule has 2 rings (SSSR count). The van der Waals surface area contributed by atoms with Gasteiger partial charge in [-0.3, -0.25) is 4.79 Å². The monoisotopic (exact) mass is 376 g/mol. The van der Waals surface area contributed by atoms with E-state index in [-0.39, 0.29) is 5.91 Å². The molecule has 1 aromatic rings. The number of amides is 2. The van der Waals surface area contributed by atoms with Gasteiger partial charge in [0.1, 0.15) is 12.1 Å². The summed E-state index contributed by atoms with van der Waals surface area (Å²) in [4.78, 5) is 25.1. The van der Waals surface area contributed by atoms with Crippen molar-refractivity contribution < 1.29 is 19.2 Å². The van der Waals surface area contributed by atoms with Gasteiger partial charge in [-0.25, -0.2) is 4.79 Å². The zero-order valence-electron chi connectivity index (χ0n) is 16.9. The Morgan fingerprint density at radius 1 is 1.04 bits per heavy atom. The first-order valence-electron chi connectivity index (χ1n) is 9.97. The van der Waals surface area contributed by atoms with E-state index in [9.17, 15) is 9.59 Å². The minimum Gasteiger partial charge on any atom is -0.444 e. The molecule has 27 heavy (non-hydrogen) atoms. The van der Waals surface area contributed by atoms with Crippen molar-refractivity contribution >= 4 is 12.0 Å². The van der Waals surface area contributed by atoms with Gasteiger partial charge >= 0.3 is 6.09 Å². The van der Waals surface area contributed by atoms with Crippen molar-refractivity contribution in [1.82, 2.24) is 10.6 Å². The highest BCUT2D eigenvalue weighted by molar-refractivity contribution is 5.76. The summed E-state index contributed by atoms with van der Waals surface area (Å²) in [6.45, 7) is 10.1. The van der Waals surface area contributed by atoms with Gasteiger partial charge in [0.15, 0.2) is 0 Å². The zero-order valence-corrected chi connectivity index (χ0v) is 16.9. The Hall–Kier alpha value is -2.08. The number of ether oxygens (including phenoxy) is 1. The number of hydrogen-bond donors (Lipinski definition) is 3. The molecule has 3 N–H and O–H groups in total. The zero-order chi connectivity index (χ0) is 19.7. The van der Waals surface area contributed by atoms with Crippen molar-refractivity contribution in [2.24, 2.45) is 0 Å². The summed E-state index contributed by atoms with van der Waals surface area (Å²) in [5.41, 5.74) is 1.96. The van der Waals surface area contributed by atoms with Gasteiger partial charge in [0.25, 0.3) is 0 Å². The Morgan fingerprint density at radius 2 is 1.67 bits per heavy atom. The van der Waals surface area contributed by atoms with Crippen LogP contribution in [0.3, 0.4) is 0 Å². The number of rotatable bonds is 8. The number of benzene rings is 1. The summed E-state index contributed by atoms with van der Waals surface area (Å²) in [5, 5.41) is 5.59. The number of nitrogens with one attached hydrogen (secondary N) is 3. The van der Waals surface area contributed by atoms with E-state index in [1.54, 1.807) is 4.90 Å². The van der Waals surface area contributed by atoms with Crippen molar-refractivity contribution in [3.8, 4) is 0 Å². The molecule has 0 unspecified atom stereocenters. The molecular formula is C21H34N3O3+. The van der Waals surface area contributed by atoms with E-state index in [1.807, 2.05) is 20.8 Å². The van der Waals surface area contributed by atoms with Crippen LogP contribution in [0.5, 0.6) is 0 Å². The van der Waals surface area contributed by atoms with Gasteiger partial charge in [-0.1, -0.05) is 24.3 Å². The van der Waals surface area contributed by atoms with Crippen molar-refractivity contribution in [3.63, 3.8) is 0 Å². The molecular weight excluding hydrogens is 342 g/mol. The Labute approximate surface area is 162 Å². The molecule has 0 aromatic heterocycles. The summed E-state index contributed by atoms with van der Waals surface area (Å²) < 4.78 is 5.15. The molecule has 1 aliphatic rings. The van der Waals surface area contributed by atoms with Crippen LogP contribution in [0.15, 0.2) is 24.3 Å². The third-order valence-electron chi connectivity index (χ3n) is 4.53. The predicted octanol–water partition coefficient (Wildman–Crippen LogP) is 1.79. The van der Waals surface area contributed by atoms with Gasteiger partial charge in [-0.05, 0) is 32.8 Å². The van der Waals surface area contributed by atoms with Gasteiger partial charge in [-0.15, -0.1) is 0 Å². The molecule has 1 saturated heterocycles. The topological polar surface area (TPSA) is 71.9 Å². The van der Waals surface area contributed by atoms with Crippen LogP contribution in [-0.2, 0) is 22.6 Å². The summed E-state index contributed by atoms with van der Waals surface area (Å²) >= 11 is 0. The van der Waals surface area contributed by atoms with Gasteiger partial charge in [0.2, 0.25) is 5.91 Å². The molecule has 0 aliphatic carbocycles. The Bertz CT molecular complexity index is 602. The number of hydrogen-bond acceptors (Lipinski definition) is 3. The number of carbonyl (C=O) groups excluding carboxylic acids is 2.